The van der Waals surface area contributed by atoms with Crippen LogP contribution < -0.4 is 15.4 Å². The first-order chi connectivity index (χ1) is 15.0. The molecule has 1 heterocycles. The van der Waals surface area contributed by atoms with Crippen LogP contribution in [-0.2, 0) is 21.4 Å². The molecule has 31 heavy (non-hydrogen) atoms. The van der Waals surface area contributed by atoms with Crippen LogP contribution in [0.5, 0.6) is 0 Å². The largest absolute Gasteiger partial charge is 0.468 e. The molecule has 3 aromatic rings. The summed E-state index contributed by atoms with van der Waals surface area (Å²) in [6.45, 7) is 1.40. The molecule has 0 fully saturated rings. The lowest BCUT2D eigenvalue weighted by molar-refractivity contribution is -0.116. The lowest BCUT2D eigenvalue weighted by Crippen LogP contribution is -2.23. The third-order valence-corrected chi connectivity index (χ3v) is 5.81. The second-order valence-electron chi connectivity index (χ2n) is 6.74. The van der Waals surface area contributed by atoms with E-state index in [1.54, 1.807) is 30.3 Å². The number of nitrogens with one attached hydrogen (secondary N) is 3. The maximum Gasteiger partial charge on any atom is 0.244 e. The number of hydrogen-bond donors (Lipinski definition) is 3. The first-order valence-corrected chi connectivity index (χ1v) is 11.4. The van der Waals surface area contributed by atoms with E-state index in [0.717, 1.165) is 24.2 Å². The molecule has 8 heteroatoms. The van der Waals surface area contributed by atoms with Crippen LogP contribution in [0.15, 0.2) is 88.4 Å². The SMILES string of the molecule is O=C(/C=C/c1ccc(S(=O)(=O)NCc2ccco2)cc1)NCCCNc1ccccc1. The van der Waals surface area contributed by atoms with Crippen LogP contribution in [0.1, 0.15) is 17.7 Å². The molecule has 0 unspecified atom stereocenters. The zero-order valence-corrected chi connectivity index (χ0v) is 17.8. The smallest absolute Gasteiger partial charge is 0.244 e. The molecule has 3 N–H and O–H groups in total. The highest BCUT2D eigenvalue weighted by atomic mass is 32.2. The summed E-state index contributed by atoms with van der Waals surface area (Å²) in [5.74, 6) is 0.335. The van der Waals surface area contributed by atoms with Gasteiger partial charge in [0.05, 0.1) is 17.7 Å². The van der Waals surface area contributed by atoms with Crippen molar-refractivity contribution in [1.29, 1.82) is 0 Å². The van der Waals surface area contributed by atoms with Crippen LogP contribution in [0, 0.1) is 0 Å². The Morgan fingerprint density at radius 1 is 0.935 bits per heavy atom. The Hall–Kier alpha value is -3.36. The fourth-order valence-corrected chi connectivity index (χ4v) is 3.73. The topological polar surface area (TPSA) is 100 Å². The van der Waals surface area contributed by atoms with Crippen molar-refractivity contribution < 1.29 is 17.6 Å². The van der Waals surface area contributed by atoms with Gasteiger partial charge in [-0.3, -0.25) is 4.79 Å². The van der Waals surface area contributed by atoms with Gasteiger partial charge in [0.15, 0.2) is 0 Å². The lowest BCUT2D eigenvalue weighted by Gasteiger charge is -2.06. The van der Waals surface area contributed by atoms with Gasteiger partial charge in [-0.25, -0.2) is 13.1 Å². The van der Waals surface area contributed by atoms with Crippen molar-refractivity contribution in [2.45, 2.75) is 17.9 Å². The lowest BCUT2D eigenvalue weighted by atomic mass is 10.2. The number of carbonyl (C=O) groups is 1. The van der Waals surface area contributed by atoms with Gasteiger partial charge in [-0.05, 0) is 54.5 Å². The first kappa shape index (κ1) is 22.3. The van der Waals surface area contributed by atoms with Gasteiger partial charge in [0.1, 0.15) is 5.76 Å². The van der Waals surface area contributed by atoms with E-state index < -0.39 is 10.0 Å². The van der Waals surface area contributed by atoms with Crippen LogP contribution in [0.25, 0.3) is 6.08 Å². The summed E-state index contributed by atoms with van der Waals surface area (Å²) < 4.78 is 32.3. The molecule has 0 atom stereocenters. The average Bonchev–Trinajstić information content (AvgIpc) is 3.31. The van der Waals surface area contributed by atoms with Crippen molar-refractivity contribution in [2.24, 2.45) is 0 Å². The number of anilines is 1. The summed E-state index contributed by atoms with van der Waals surface area (Å²) >= 11 is 0. The molecule has 0 saturated heterocycles. The fraction of sp³-hybridized carbons (Fsp3) is 0.174. The van der Waals surface area contributed by atoms with E-state index in [4.69, 9.17) is 4.42 Å². The molecule has 1 aromatic heterocycles. The Labute approximate surface area is 182 Å². The van der Waals surface area contributed by atoms with Gasteiger partial charge < -0.3 is 15.1 Å². The van der Waals surface area contributed by atoms with Crippen LogP contribution in [0.4, 0.5) is 5.69 Å². The summed E-state index contributed by atoms with van der Waals surface area (Å²) in [7, 11) is -3.64. The summed E-state index contributed by atoms with van der Waals surface area (Å²) in [5, 5.41) is 6.11. The first-order valence-electron chi connectivity index (χ1n) is 9.90. The van der Waals surface area contributed by atoms with E-state index in [9.17, 15) is 13.2 Å². The van der Waals surface area contributed by atoms with Gasteiger partial charge in [0, 0.05) is 24.9 Å². The summed E-state index contributed by atoms with van der Waals surface area (Å²) in [6.07, 6.45) is 5.36. The monoisotopic (exact) mass is 439 g/mol. The molecule has 0 aliphatic rings. The third-order valence-electron chi connectivity index (χ3n) is 4.39. The van der Waals surface area contributed by atoms with E-state index in [2.05, 4.69) is 15.4 Å². The Morgan fingerprint density at radius 2 is 1.71 bits per heavy atom. The van der Waals surface area contributed by atoms with Crippen molar-refractivity contribution in [3.63, 3.8) is 0 Å². The quantitative estimate of drug-likeness (QED) is 0.314. The van der Waals surface area contributed by atoms with E-state index in [0.29, 0.717) is 12.3 Å². The molecule has 0 aliphatic carbocycles. The van der Waals surface area contributed by atoms with E-state index >= 15 is 0 Å². The second-order valence-corrected chi connectivity index (χ2v) is 8.51. The predicted octanol–water partition coefficient (Wildman–Crippen LogP) is 3.39. The van der Waals surface area contributed by atoms with Gasteiger partial charge in [0.25, 0.3) is 0 Å². The van der Waals surface area contributed by atoms with Gasteiger partial charge >= 0.3 is 0 Å². The molecule has 7 nitrogen and oxygen atoms in total. The molecule has 0 spiro atoms. The minimum Gasteiger partial charge on any atom is -0.468 e. The second kappa shape index (κ2) is 11.1. The van der Waals surface area contributed by atoms with Gasteiger partial charge in [-0.15, -0.1) is 0 Å². The van der Waals surface area contributed by atoms with Crippen LogP contribution in [-0.4, -0.2) is 27.4 Å². The molecular weight excluding hydrogens is 414 g/mol. The summed E-state index contributed by atoms with van der Waals surface area (Å²) in [5.41, 5.74) is 1.78. The molecule has 0 aliphatic heterocycles. The Morgan fingerprint density at radius 3 is 2.42 bits per heavy atom. The standard InChI is InChI=1S/C23H25N3O4S/c27-23(25-16-5-15-24-20-6-2-1-3-7-20)14-11-19-9-12-22(13-10-19)31(28,29)26-18-21-8-4-17-30-21/h1-4,6-14,17,24,26H,5,15-16,18H2,(H,25,27)/b14-11+. The predicted molar refractivity (Wildman–Crippen MR) is 121 cm³/mol. The minimum atomic E-state index is -3.64. The van der Waals surface area contributed by atoms with Crippen LogP contribution in [0.2, 0.25) is 0 Å². The highest BCUT2D eigenvalue weighted by molar-refractivity contribution is 7.89. The molecule has 1 amide bonds. The van der Waals surface area contributed by atoms with Crippen molar-refractivity contribution in [2.75, 3.05) is 18.4 Å². The number of rotatable bonds is 11. The number of furan rings is 1. The number of benzene rings is 2. The van der Waals surface area contributed by atoms with Crippen molar-refractivity contribution in [3.8, 4) is 0 Å². The number of para-hydroxylation sites is 1. The number of hydrogen-bond acceptors (Lipinski definition) is 5. The molecule has 162 valence electrons. The van der Waals surface area contributed by atoms with E-state index in [1.165, 1.54) is 24.5 Å². The van der Waals surface area contributed by atoms with Gasteiger partial charge in [0.2, 0.25) is 15.9 Å². The van der Waals surface area contributed by atoms with E-state index in [-0.39, 0.29) is 17.3 Å². The van der Waals surface area contributed by atoms with Crippen LogP contribution in [0.3, 0.4) is 0 Å². The summed E-state index contributed by atoms with van der Waals surface area (Å²) in [6, 6.07) is 19.6. The number of carbonyl (C=O) groups excluding carboxylic acids is 1. The number of sulfonamides is 1. The van der Waals surface area contributed by atoms with Crippen molar-refractivity contribution >= 4 is 27.7 Å². The zero-order valence-electron chi connectivity index (χ0n) is 17.0. The normalized spacial score (nSPS) is 11.5. The molecule has 2 aromatic carbocycles. The van der Waals surface area contributed by atoms with E-state index in [1.807, 2.05) is 30.3 Å². The van der Waals surface area contributed by atoms with Gasteiger partial charge in [-0.2, -0.15) is 0 Å². The minimum absolute atomic E-state index is 0.0814. The molecule has 0 saturated carbocycles. The Bertz CT molecular complexity index is 1080. The average molecular weight is 440 g/mol. The zero-order chi connectivity index (χ0) is 21.9. The maximum atomic E-state index is 12.3. The highest BCUT2D eigenvalue weighted by Gasteiger charge is 2.13. The highest BCUT2D eigenvalue weighted by Crippen LogP contribution is 2.12. The third kappa shape index (κ3) is 7.44. The molecule has 0 bridgehead atoms. The summed E-state index contributed by atoms with van der Waals surface area (Å²) in [4.78, 5) is 12.1. The van der Waals surface area contributed by atoms with Crippen molar-refractivity contribution in [1.82, 2.24) is 10.0 Å². The Balaban J connectivity index is 1.40. The maximum absolute atomic E-state index is 12.3. The molecule has 3 rings (SSSR count). The molecule has 0 radical (unpaired) electrons. The Kier molecular flexibility index (Phi) is 8.03. The fourth-order valence-electron chi connectivity index (χ4n) is 2.74. The van der Waals surface area contributed by atoms with Crippen molar-refractivity contribution in [3.05, 3.63) is 90.4 Å². The molecular formula is C23H25N3O4S. The number of amides is 1. The van der Waals surface area contributed by atoms with Gasteiger partial charge in [-0.1, -0.05) is 30.3 Å². The van der Waals surface area contributed by atoms with Crippen LogP contribution >= 0.6 is 0 Å².